The molecule has 0 radical (unpaired) electrons. The largest absolute Gasteiger partial charge is 0.506 e. The zero-order valence-corrected chi connectivity index (χ0v) is 14.3. The molecule has 0 unspecified atom stereocenters. The van der Waals surface area contributed by atoms with Crippen LogP contribution in [0.2, 0.25) is 0 Å². The maximum Gasteiger partial charge on any atom is 0.267 e. The first-order valence-electron chi connectivity index (χ1n) is 7.95. The first kappa shape index (κ1) is 17.3. The van der Waals surface area contributed by atoms with E-state index in [-0.39, 0.29) is 17.9 Å². The number of aromatic hydroxyl groups is 1. The average Bonchev–Trinajstić information content (AvgIpc) is 2.65. The van der Waals surface area contributed by atoms with Crippen LogP contribution in [0.15, 0.2) is 47.4 Å². The van der Waals surface area contributed by atoms with Crippen molar-refractivity contribution in [1.29, 1.82) is 0 Å². The highest BCUT2D eigenvalue weighted by molar-refractivity contribution is 6.04. The highest BCUT2D eigenvalue weighted by Crippen LogP contribution is 2.30. The van der Waals surface area contributed by atoms with Gasteiger partial charge in [-0.3, -0.25) is 19.4 Å². The minimum Gasteiger partial charge on any atom is -0.506 e. The van der Waals surface area contributed by atoms with Gasteiger partial charge in [-0.25, -0.2) is 0 Å². The van der Waals surface area contributed by atoms with Crippen molar-refractivity contribution in [2.24, 2.45) is 7.05 Å². The molecule has 0 saturated heterocycles. The maximum atomic E-state index is 12.5. The summed E-state index contributed by atoms with van der Waals surface area (Å²) in [5.41, 5.74) is 0.892. The van der Waals surface area contributed by atoms with Gasteiger partial charge in [0.25, 0.3) is 11.5 Å². The van der Waals surface area contributed by atoms with E-state index in [1.54, 1.807) is 30.5 Å². The van der Waals surface area contributed by atoms with Crippen LogP contribution in [-0.4, -0.2) is 32.9 Å². The van der Waals surface area contributed by atoms with Crippen LogP contribution < -0.4 is 10.9 Å². The van der Waals surface area contributed by atoms with Crippen molar-refractivity contribution in [3.8, 4) is 17.0 Å². The third-order valence-electron chi connectivity index (χ3n) is 4.05. The molecule has 0 aliphatic carbocycles. The van der Waals surface area contributed by atoms with E-state index in [2.05, 4.69) is 10.3 Å². The van der Waals surface area contributed by atoms with E-state index in [0.29, 0.717) is 16.6 Å². The van der Waals surface area contributed by atoms with E-state index in [4.69, 9.17) is 0 Å². The van der Waals surface area contributed by atoms with Crippen LogP contribution in [0.3, 0.4) is 0 Å². The van der Waals surface area contributed by atoms with Gasteiger partial charge < -0.3 is 15.0 Å². The molecule has 26 heavy (non-hydrogen) atoms. The number of ketones is 1. The zero-order valence-electron chi connectivity index (χ0n) is 14.3. The number of carbonyl (C=O) groups is 2. The number of aryl methyl sites for hydroxylation is 1. The molecule has 132 valence electrons. The summed E-state index contributed by atoms with van der Waals surface area (Å²) in [6.07, 6.45) is 1.65. The summed E-state index contributed by atoms with van der Waals surface area (Å²) in [4.78, 5) is 40.1. The molecular formula is C19H17N3O4. The van der Waals surface area contributed by atoms with Crippen molar-refractivity contribution in [2.45, 2.75) is 6.92 Å². The van der Waals surface area contributed by atoms with Gasteiger partial charge in [-0.1, -0.05) is 12.1 Å². The molecule has 2 aromatic heterocycles. The number of hydrogen-bond acceptors (Lipinski definition) is 5. The first-order chi connectivity index (χ1) is 12.4. The molecule has 0 spiro atoms. The van der Waals surface area contributed by atoms with Crippen LogP contribution in [0.5, 0.6) is 5.75 Å². The molecule has 1 aromatic carbocycles. The average molecular weight is 351 g/mol. The second-order valence-corrected chi connectivity index (χ2v) is 5.92. The lowest BCUT2D eigenvalue weighted by Crippen LogP contribution is -2.34. The Morgan fingerprint density at radius 1 is 1.23 bits per heavy atom. The number of nitrogens with zero attached hydrogens (tertiary/aromatic N) is 2. The van der Waals surface area contributed by atoms with Gasteiger partial charge in [0, 0.05) is 24.2 Å². The summed E-state index contributed by atoms with van der Waals surface area (Å²) in [5.74, 6) is -1.46. The molecule has 0 bridgehead atoms. The van der Waals surface area contributed by atoms with Crippen molar-refractivity contribution in [2.75, 3.05) is 6.54 Å². The smallest absolute Gasteiger partial charge is 0.267 e. The summed E-state index contributed by atoms with van der Waals surface area (Å²) >= 11 is 0. The van der Waals surface area contributed by atoms with Gasteiger partial charge in [-0.2, -0.15) is 0 Å². The van der Waals surface area contributed by atoms with Crippen molar-refractivity contribution < 1.29 is 14.7 Å². The Kier molecular flexibility index (Phi) is 4.53. The third kappa shape index (κ3) is 3.06. The number of pyridine rings is 2. The fraction of sp³-hybridized carbons (Fsp3) is 0.158. The van der Waals surface area contributed by atoms with Crippen LogP contribution in [0.25, 0.3) is 22.2 Å². The standard InChI is InChI=1S/C19H17N3O4/c1-11(23)10-21-18(25)16-17(24)13-9-12(14-5-3-4-8-20-14)6-7-15(13)22(2)19(16)26/h3-9,24H,10H2,1-2H3,(H,21,25). The lowest BCUT2D eigenvalue weighted by atomic mass is 10.0. The quantitative estimate of drug-likeness (QED) is 0.744. The van der Waals surface area contributed by atoms with Gasteiger partial charge in [0.2, 0.25) is 0 Å². The van der Waals surface area contributed by atoms with E-state index >= 15 is 0 Å². The normalized spacial score (nSPS) is 10.7. The van der Waals surface area contributed by atoms with Gasteiger partial charge >= 0.3 is 0 Å². The number of Topliss-reactive ketones (excluding diaryl/α,β-unsaturated/α-hetero) is 1. The maximum absolute atomic E-state index is 12.5. The number of benzene rings is 1. The molecule has 3 rings (SSSR count). The predicted octanol–water partition coefficient (Wildman–Crippen LogP) is 1.62. The Morgan fingerprint density at radius 3 is 2.65 bits per heavy atom. The van der Waals surface area contributed by atoms with E-state index in [0.717, 1.165) is 5.56 Å². The fourth-order valence-electron chi connectivity index (χ4n) is 2.72. The van der Waals surface area contributed by atoms with Crippen LogP contribution in [0, 0.1) is 0 Å². The van der Waals surface area contributed by atoms with Crippen LogP contribution in [0.1, 0.15) is 17.3 Å². The summed E-state index contributed by atoms with van der Waals surface area (Å²) in [5, 5.41) is 13.3. The topological polar surface area (TPSA) is 101 Å². The zero-order chi connectivity index (χ0) is 18.8. The molecule has 3 aromatic rings. The summed E-state index contributed by atoms with van der Waals surface area (Å²) in [6.45, 7) is 1.10. The minimum atomic E-state index is -0.788. The summed E-state index contributed by atoms with van der Waals surface area (Å²) < 4.78 is 1.29. The number of hydrogen-bond donors (Lipinski definition) is 2. The van der Waals surface area contributed by atoms with Crippen molar-refractivity contribution >= 4 is 22.6 Å². The van der Waals surface area contributed by atoms with Gasteiger partial charge in [-0.05, 0) is 31.2 Å². The molecule has 2 heterocycles. The van der Waals surface area contributed by atoms with E-state index in [9.17, 15) is 19.5 Å². The molecule has 7 heteroatoms. The summed E-state index contributed by atoms with van der Waals surface area (Å²) in [7, 11) is 1.52. The van der Waals surface area contributed by atoms with Crippen molar-refractivity contribution in [1.82, 2.24) is 14.9 Å². The van der Waals surface area contributed by atoms with Crippen molar-refractivity contribution in [3.05, 3.63) is 58.5 Å². The Hall–Kier alpha value is -3.48. The Bertz CT molecular complexity index is 1070. The van der Waals surface area contributed by atoms with E-state index < -0.39 is 17.2 Å². The molecule has 7 nitrogen and oxygen atoms in total. The monoisotopic (exact) mass is 351 g/mol. The molecule has 0 aliphatic heterocycles. The van der Waals surface area contributed by atoms with Crippen LogP contribution in [0.4, 0.5) is 0 Å². The second-order valence-electron chi connectivity index (χ2n) is 5.92. The fourth-order valence-corrected chi connectivity index (χ4v) is 2.72. The Labute approximate surface area is 148 Å². The third-order valence-corrected chi connectivity index (χ3v) is 4.05. The highest BCUT2D eigenvalue weighted by atomic mass is 16.3. The SMILES string of the molecule is CC(=O)CNC(=O)c1c(O)c2cc(-c3ccccn3)ccc2n(C)c1=O. The van der Waals surface area contributed by atoms with E-state index in [1.807, 2.05) is 12.1 Å². The molecule has 0 fully saturated rings. The molecule has 0 saturated carbocycles. The lowest BCUT2D eigenvalue weighted by Gasteiger charge is -2.13. The van der Waals surface area contributed by atoms with Gasteiger partial charge in [0.05, 0.1) is 17.8 Å². The molecule has 0 atom stereocenters. The lowest BCUT2D eigenvalue weighted by molar-refractivity contribution is -0.116. The van der Waals surface area contributed by atoms with Gasteiger partial charge in [0.1, 0.15) is 17.1 Å². The Balaban J connectivity index is 2.19. The number of aromatic nitrogens is 2. The van der Waals surface area contributed by atoms with Gasteiger partial charge in [0.15, 0.2) is 0 Å². The van der Waals surface area contributed by atoms with Crippen LogP contribution >= 0.6 is 0 Å². The van der Waals surface area contributed by atoms with E-state index in [1.165, 1.54) is 18.5 Å². The molecule has 0 aliphatic rings. The van der Waals surface area contributed by atoms with Crippen LogP contribution in [-0.2, 0) is 11.8 Å². The molecule has 2 N–H and O–H groups in total. The predicted molar refractivity (Wildman–Crippen MR) is 97.1 cm³/mol. The number of nitrogens with one attached hydrogen (secondary N) is 1. The molecule has 1 amide bonds. The van der Waals surface area contributed by atoms with Gasteiger partial charge in [-0.15, -0.1) is 0 Å². The Morgan fingerprint density at radius 2 is 2.00 bits per heavy atom. The number of carbonyl (C=O) groups excluding carboxylic acids is 2. The number of fused-ring (bicyclic) bond motifs is 1. The second kappa shape index (κ2) is 6.79. The number of rotatable bonds is 4. The highest BCUT2D eigenvalue weighted by Gasteiger charge is 2.21. The molecular weight excluding hydrogens is 334 g/mol. The minimum absolute atomic E-state index is 0.215. The number of amides is 1. The first-order valence-corrected chi connectivity index (χ1v) is 7.95. The van der Waals surface area contributed by atoms with Crippen molar-refractivity contribution in [3.63, 3.8) is 0 Å². The summed E-state index contributed by atoms with van der Waals surface area (Å²) in [6, 6.07) is 10.6.